The molecule has 3 heterocycles. The van der Waals surface area contributed by atoms with E-state index in [9.17, 15) is 28.0 Å². The van der Waals surface area contributed by atoms with Crippen LogP contribution in [-0.4, -0.2) is 89.3 Å². The number of nitrogens with zero attached hydrogens (tertiary/aromatic N) is 4. The van der Waals surface area contributed by atoms with Crippen molar-refractivity contribution >= 4 is 28.9 Å². The third-order valence-electron chi connectivity index (χ3n) is 8.62. The van der Waals surface area contributed by atoms with Gasteiger partial charge in [-0.3, -0.25) is 28.6 Å². The minimum Gasteiger partial charge on any atom is -0.481 e. The van der Waals surface area contributed by atoms with Crippen LogP contribution in [0.4, 0.5) is 8.78 Å². The number of carbonyl (C=O) groups is 3. The number of aliphatic hydroxyl groups is 1. The van der Waals surface area contributed by atoms with Crippen molar-refractivity contribution in [3.63, 3.8) is 0 Å². The number of fused-ring (bicyclic) bond motifs is 1. The van der Waals surface area contributed by atoms with Gasteiger partial charge < -0.3 is 25.2 Å². The first kappa shape index (κ1) is 37.2. The lowest BCUT2D eigenvalue weighted by atomic mass is 9.87. The maximum Gasteiger partial charge on any atom is 0.336 e. The Morgan fingerprint density at radius 3 is 2.04 bits per heavy atom. The van der Waals surface area contributed by atoms with E-state index in [4.69, 9.17) is 25.2 Å². The van der Waals surface area contributed by atoms with Crippen molar-refractivity contribution in [1.29, 1.82) is 0 Å². The molecule has 1 aliphatic rings. The molecule has 4 N–H and O–H groups in total. The molecule has 0 saturated carbocycles. The summed E-state index contributed by atoms with van der Waals surface area (Å²) < 4.78 is 37.2. The third-order valence-corrected chi connectivity index (χ3v) is 8.62. The minimum absolute atomic E-state index is 0.251. The van der Waals surface area contributed by atoms with Gasteiger partial charge in [-0.25, -0.2) is 18.4 Å². The maximum absolute atomic E-state index is 14.2. The Balaban J connectivity index is 0.000000392. The van der Waals surface area contributed by atoms with E-state index in [-0.39, 0.29) is 16.6 Å². The van der Waals surface area contributed by atoms with Gasteiger partial charge in [0.2, 0.25) is 0 Å². The van der Waals surface area contributed by atoms with Crippen LogP contribution in [0.5, 0.6) is 0 Å². The predicted octanol–water partition coefficient (Wildman–Crippen LogP) is 3.22. The van der Waals surface area contributed by atoms with E-state index in [2.05, 4.69) is 29.8 Å². The molecular formula is C32H42F2N4O9. The summed E-state index contributed by atoms with van der Waals surface area (Å²) in [5.74, 6) is -6.92. The lowest BCUT2D eigenvalue weighted by Gasteiger charge is -2.38. The lowest BCUT2D eigenvalue weighted by molar-refractivity contribution is -0.170. The molecular weight excluding hydrogens is 622 g/mol. The number of carboxylic acid groups (broad SMARTS) is 3. The molecule has 258 valence electrons. The first-order valence-electron chi connectivity index (χ1n) is 15.1. The molecule has 1 aliphatic heterocycles. The second-order valence-corrected chi connectivity index (χ2v) is 12.4. The second kappa shape index (κ2) is 14.7. The molecule has 1 saturated heterocycles. The third kappa shape index (κ3) is 8.39. The number of aromatic nitrogens is 3. The smallest absolute Gasteiger partial charge is 0.336 e. The van der Waals surface area contributed by atoms with Crippen LogP contribution >= 0.6 is 0 Å². The molecule has 1 fully saturated rings. The van der Waals surface area contributed by atoms with E-state index in [1.807, 2.05) is 33.0 Å². The number of halogens is 2. The SMILES string of the molecule is CCOC[C@]1(Cn2c(=O)n(CC)c3cc(F)c(F)cc32)CCN(C(C)(C)c2ccc(C)nc2)C1.O=C(O)CC(O)(CC(=O)O)C(=O)O. The molecule has 1 aromatic carbocycles. The molecule has 1 atom stereocenters. The number of aliphatic carboxylic acids is 3. The van der Waals surface area contributed by atoms with Crippen LogP contribution in [0.2, 0.25) is 0 Å². The number of hydrogen-bond acceptors (Lipinski definition) is 8. The van der Waals surface area contributed by atoms with E-state index in [1.54, 1.807) is 4.57 Å². The van der Waals surface area contributed by atoms with Crippen LogP contribution in [-0.2, 0) is 37.7 Å². The van der Waals surface area contributed by atoms with Crippen molar-refractivity contribution in [2.24, 2.45) is 5.41 Å². The highest BCUT2D eigenvalue weighted by atomic mass is 19.2. The number of benzene rings is 1. The van der Waals surface area contributed by atoms with Crippen molar-refractivity contribution in [2.75, 3.05) is 26.3 Å². The zero-order valence-electron chi connectivity index (χ0n) is 27.1. The fraction of sp³-hybridized carbons (Fsp3) is 0.531. The number of carboxylic acids is 3. The molecule has 0 unspecified atom stereocenters. The number of imidazole rings is 1. The number of aryl methyl sites for hydroxylation is 2. The van der Waals surface area contributed by atoms with Gasteiger partial charge in [-0.2, -0.15) is 0 Å². The largest absolute Gasteiger partial charge is 0.481 e. The van der Waals surface area contributed by atoms with Crippen molar-refractivity contribution < 1.29 is 48.3 Å². The topological polar surface area (TPSA) is 184 Å². The van der Waals surface area contributed by atoms with Gasteiger partial charge in [-0.15, -0.1) is 0 Å². The Bertz CT molecular complexity index is 1650. The minimum atomic E-state index is -2.74. The Labute approximate surface area is 270 Å². The molecule has 4 rings (SSSR count). The zero-order valence-corrected chi connectivity index (χ0v) is 27.1. The van der Waals surface area contributed by atoms with Gasteiger partial charge in [0, 0.05) is 61.2 Å². The van der Waals surface area contributed by atoms with Gasteiger partial charge in [0.25, 0.3) is 0 Å². The molecule has 0 bridgehead atoms. The quantitative estimate of drug-likeness (QED) is 0.210. The average molecular weight is 665 g/mol. The maximum atomic E-state index is 14.2. The Morgan fingerprint density at radius 2 is 1.57 bits per heavy atom. The molecule has 13 nitrogen and oxygen atoms in total. The number of likely N-dealkylation sites (tertiary alicyclic amines) is 1. The van der Waals surface area contributed by atoms with Gasteiger partial charge in [0.15, 0.2) is 17.2 Å². The molecule has 3 aromatic rings. The van der Waals surface area contributed by atoms with E-state index < -0.39 is 48.0 Å². The van der Waals surface area contributed by atoms with Crippen molar-refractivity contribution in [3.8, 4) is 0 Å². The summed E-state index contributed by atoms with van der Waals surface area (Å²) in [5.41, 5.74) is -0.652. The molecule has 2 aromatic heterocycles. The highest BCUT2D eigenvalue weighted by Gasteiger charge is 2.45. The standard InChI is InChI=1S/C26H34F2N4O2.C6H8O7/c1-6-31-22-12-20(27)21(28)13-23(22)32(24(31)33)16-26(17-34-7-2)10-11-30(15-26)25(4,5)19-9-8-18(3)29-14-19;7-3(8)1-6(13,5(11)12)2-4(9)10/h8-9,12-14H,6-7,10-11,15-17H2,1-5H3;13H,1-2H2,(H,7,8)(H,9,10)(H,11,12)/t26-;/m1./s1. The summed E-state index contributed by atoms with van der Waals surface area (Å²) in [7, 11) is 0. The van der Waals surface area contributed by atoms with Gasteiger partial charge in [-0.05, 0) is 59.2 Å². The van der Waals surface area contributed by atoms with Gasteiger partial charge in [-0.1, -0.05) is 6.07 Å². The number of pyridine rings is 1. The van der Waals surface area contributed by atoms with Crippen molar-refractivity contribution in [1.82, 2.24) is 19.0 Å². The summed E-state index contributed by atoms with van der Waals surface area (Å²) in [5, 5.41) is 33.8. The Kier molecular flexibility index (Phi) is 11.6. The summed E-state index contributed by atoms with van der Waals surface area (Å²) in [6.07, 6.45) is 0.461. The van der Waals surface area contributed by atoms with Crippen LogP contribution in [0.3, 0.4) is 0 Å². The summed E-state index contributed by atoms with van der Waals surface area (Å²) in [6.45, 7) is 13.5. The first-order chi connectivity index (χ1) is 21.9. The monoisotopic (exact) mass is 664 g/mol. The lowest BCUT2D eigenvalue weighted by Crippen LogP contribution is -2.44. The Hall–Kier alpha value is -4.21. The second-order valence-electron chi connectivity index (χ2n) is 12.4. The fourth-order valence-corrected chi connectivity index (χ4v) is 5.85. The molecule has 0 spiro atoms. The van der Waals surface area contributed by atoms with E-state index in [0.29, 0.717) is 43.9 Å². The zero-order chi connectivity index (χ0) is 35.3. The van der Waals surface area contributed by atoms with Gasteiger partial charge in [0.05, 0.1) is 30.5 Å². The molecule has 15 heteroatoms. The van der Waals surface area contributed by atoms with Crippen LogP contribution in [0.15, 0.2) is 35.3 Å². The van der Waals surface area contributed by atoms with Gasteiger partial charge >= 0.3 is 23.6 Å². The van der Waals surface area contributed by atoms with Gasteiger partial charge in [0.1, 0.15) is 0 Å². The van der Waals surface area contributed by atoms with Crippen LogP contribution < -0.4 is 5.69 Å². The normalized spacial score (nSPS) is 17.0. The number of hydrogen-bond donors (Lipinski definition) is 4. The summed E-state index contributed by atoms with van der Waals surface area (Å²) in [6, 6.07) is 6.39. The van der Waals surface area contributed by atoms with E-state index >= 15 is 0 Å². The van der Waals surface area contributed by atoms with Crippen molar-refractivity contribution in [3.05, 3.63) is 63.8 Å². The van der Waals surface area contributed by atoms with Crippen LogP contribution in [0.1, 0.15) is 58.2 Å². The molecule has 47 heavy (non-hydrogen) atoms. The van der Waals surface area contributed by atoms with Crippen LogP contribution in [0, 0.1) is 24.0 Å². The summed E-state index contributed by atoms with van der Waals surface area (Å²) >= 11 is 0. The first-order valence-corrected chi connectivity index (χ1v) is 15.1. The Morgan fingerprint density at radius 1 is 1.00 bits per heavy atom. The molecule has 0 radical (unpaired) electrons. The highest BCUT2D eigenvalue weighted by molar-refractivity contribution is 5.88. The number of ether oxygens (including phenoxy) is 1. The fourth-order valence-electron chi connectivity index (χ4n) is 5.85. The van der Waals surface area contributed by atoms with Crippen LogP contribution in [0.25, 0.3) is 11.0 Å². The molecule has 0 amide bonds. The number of rotatable bonds is 13. The van der Waals surface area contributed by atoms with E-state index in [1.165, 1.54) is 4.57 Å². The van der Waals surface area contributed by atoms with E-state index in [0.717, 1.165) is 36.4 Å². The predicted molar refractivity (Wildman–Crippen MR) is 166 cm³/mol. The average Bonchev–Trinajstić information content (AvgIpc) is 3.51. The highest BCUT2D eigenvalue weighted by Crippen LogP contribution is 2.40. The molecule has 0 aliphatic carbocycles. The van der Waals surface area contributed by atoms with Crippen molar-refractivity contribution in [2.45, 2.75) is 78.1 Å². The summed E-state index contributed by atoms with van der Waals surface area (Å²) in [4.78, 5) is 50.7.